The molecule has 1 aromatic heterocycles. The van der Waals surface area contributed by atoms with E-state index in [9.17, 15) is 4.79 Å². The van der Waals surface area contributed by atoms with E-state index in [1.165, 1.54) is 11.1 Å². The molecule has 1 fully saturated rings. The van der Waals surface area contributed by atoms with Crippen LogP contribution < -0.4 is 0 Å². The summed E-state index contributed by atoms with van der Waals surface area (Å²) in [5, 5.41) is 0.908. The molecule has 0 unspecified atom stereocenters. The Kier molecular flexibility index (Phi) is 4.53. The largest absolute Gasteiger partial charge is 0.339 e. The van der Waals surface area contributed by atoms with Crippen molar-refractivity contribution in [1.82, 2.24) is 9.88 Å². The molecule has 4 heteroatoms. The number of amides is 1. The minimum absolute atomic E-state index is 0.111. The van der Waals surface area contributed by atoms with Crippen LogP contribution in [0.3, 0.4) is 0 Å². The molecule has 0 bridgehead atoms. The zero-order chi connectivity index (χ0) is 18.3. The SMILES string of the molecule is Cc1ccc(C)c(-c2cc(C(=O)N3CCCC3)c3cc(Br)ccc3n2)c1. The summed E-state index contributed by atoms with van der Waals surface area (Å²) < 4.78 is 0.960. The average Bonchev–Trinajstić information content (AvgIpc) is 3.17. The van der Waals surface area contributed by atoms with Crippen molar-refractivity contribution in [3.8, 4) is 11.3 Å². The second kappa shape index (κ2) is 6.84. The molecule has 1 saturated heterocycles. The van der Waals surface area contributed by atoms with E-state index in [0.29, 0.717) is 0 Å². The number of pyridine rings is 1. The Labute approximate surface area is 162 Å². The highest BCUT2D eigenvalue weighted by Gasteiger charge is 2.23. The number of hydrogen-bond acceptors (Lipinski definition) is 2. The van der Waals surface area contributed by atoms with E-state index in [0.717, 1.165) is 58.1 Å². The molecule has 132 valence electrons. The summed E-state index contributed by atoms with van der Waals surface area (Å²) in [6.45, 7) is 5.85. The summed E-state index contributed by atoms with van der Waals surface area (Å²) in [5.41, 5.74) is 5.91. The van der Waals surface area contributed by atoms with Gasteiger partial charge in [-0.15, -0.1) is 0 Å². The molecule has 1 amide bonds. The molecular weight excluding hydrogens is 388 g/mol. The lowest BCUT2D eigenvalue weighted by atomic mass is 9.99. The Morgan fingerprint density at radius 2 is 1.81 bits per heavy atom. The van der Waals surface area contributed by atoms with Gasteiger partial charge in [-0.1, -0.05) is 33.6 Å². The Balaban J connectivity index is 1.94. The maximum Gasteiger partial charge on any atom is 0.254 e. The molecule has 2 aromatic carbocycles. The van der Waals surface area contributed by atoms with Gasteiger partial charge in [0.25, 0.3) is 5.91 Å². The smallest absolute Gasteiger partial charge is 0.254 e. The summed E-state index contributed by atoms with van der Waals surface area (Å²) in [6, 6.07) is 14.3. The van der Waals surface area contributed by atoms with Crippen LogP contribution in [0, 0.1) is 13.8 Å². The molecule has 2 heterocycles. The third-order valence-electron chi connectivity index (χ3n) is 5.06. The van der Waals surface area contributed by atoms with Crippen molar-refractivity contribution in [2.45, 2.75) is 26.7 Å². The summed E-state index contributed by atoms with van der Waals surface area (Å²) >= 11 is 3.53. The number of benzene rings is 2. The number of aromatic nitrogens is 1. The zero-order valence-corrected chi connectivity index (χ0v) is 16.6. The van der Waals surface area contributed by atoms with Crippen LogP contribution in [-0.4, -0.2) is 28.9 Å². The molecule has 0 spiro atoms. The average molecular weight is 409 g/mol. The van der Waals surface area contributed by atoms with Crippen LogP contribution in [0.1, 0.15) is 34.3 Å². The van der Waals surface area contributed by atoms with E-state index in [1.807, 2.05) is 29.2 Å². The maximum atomic E-state index is 13.2. The first-order valence-electron chi connectivity index (χ1n) is 9.00. The standard InChI is InChI=1S/C22H21BrN2O/c1-14-5-6-15(2)17(11-14)21-13-19(22(26)25-9-3-4-10-25)18-12-16(23)7-8-20(18)24-21/h5-8,11-13H,3-4,9-10H2,1-2H3. The van der Waals surface area contributed by atoms with Crippen molar-refractivity contribution in [1.29, 1.82) is 0 Å². The second-order valence-electron chi connectivity index (χ2n) is 7.03. The summed E-state index contributed by atoms with van der Waals surface area (Å²) in [7, 11) is 0. The summed E-state index contributed by atoms with van der Waals surface area (Å²) in [6.07, 6.45) is 2.17. The van der Waals surface area contributed by atoms with Gasteiger partial charge in [0, 0.05) is 28.5 Å². The molecular formula is C22H21BrN2O. The van der Waals surface area contributed by atoms with E-state index in [-0.39, 0.29) is 5.91 Å². The second-order valence-corrected chi connectivity index (χ2v) is 7.95. The predicted octanol–water partition coefficient (Wildman–Crippen LogP) is 5.52. The molecule has 1 aliphatic rings. The van der Waals surface area contributed by atoms with Gasteiger partial charge in [0.15, 0.2) is 0 Å². The Hall–Kier alpha value is -2.20. The van der Waals surface area contributed by atoms with Gasteiger partial charge in [-0.05, 0) is 62.6 Å². The van der Waals surface area contributed by atoms with Crippen molar-refractivity contribution in [3.63, 3.8) is 0 Å². The van der Waals surface area contributed by atoms with Crippen molar-refractivity contribution in [2.24, 2.45) is 0 Å². The van der Waals surface area contributed by atoms with Crippen LogP contribution in [0.2, 0.25) is 0 Å². The number of carbonyl (C=O) groups excluding carboxylic acids is 1. The van der Waals surface area contributed by atoms with Gasteiger partial charge in [0.05, 0.1) is 16.8 Å². The van der Waals surface area contributed by atoms with E-state index in [4.69, 9.17) is 4.98 Å². The number of halogens is 1. The number of carbonyl (C=O) groups is 1. The predicted molar refractivity (Wildman–Crippen MR) is 109 cm³/mol. The lowest BCUT2D eigenvalue weighted by Gasteiger charge is -2.18. The normalized spacial score (nSPS) is 14.2. The molecule has 26 heavy (non-hydrogen) atoms. The summed E-state index contributed by atoms with van der Waals surface area (Å²) in [5.74, 6) is 0.111. The number of aryl methyl sites for hydroxylation is 2. The van der Waals surface area contributed by atoms with Crippen molar-refractivity contribution >= 4 is 32.7 Å². The van der Waals surface area contributed by atoms with Crippen LogP contribution in [0.5, 0.6) is 0 Å². The summed E-state index contributed by atoms with van der Waals surface area (Å²) in [4.78, 5) is 20.0. The Morgan fingerprint density at radius 3 is 2.58 bits per heavy atom. The number of hydrogen-bond donors (Lipinski definition) is 0. The van der Waals surface area contributed by atoms with E-state index >= 15 is 0 Å². The Bertz CT molecular complexity index is 1010. The number of nitrogens with zero attached hydrogens (tertiary/aromatic N) is 2. The van der Waals surface area contributed by atoms with Crippen LogP contribution in [0.4, 0.5) is 0 Å². The van der Waals surface area contributed by atoms with Crippen molar-refractivity contribution < 1.29 is 4.79 Å². The molecule has 0 atom stereocenters. The molecule has 1 aliphatic heterocycles. The van der Waals surface area contributed by atoms with Crippen molar-refractivity contribution in [2.75, 3.05) is 13.1 Å². The highest BCUT2D eigenvalue weighted by molar-refractivity contribution is 9.10. The van der Waals surface area contributed by atoms with Crippen LogP contribution >= 0.6 is 15.9 Å². The number of likely N-dealkylation sites (tertiary alicyclic amines) is 1. The fourth-order valence-corrected chi connectivity index (χ4v) is 3.98. The maximum absolute atomic E-state index is 13.2. The third kappa shape index (κ3) is 3.14. The highest BCUT2D eigenvalue weighted by atomic mass is 79.9. The first-order valence-corrected chi connectivity index (χ1v) is 9.79. The molecule has 0 saturated carbocycles. The van der Waals surface area contributed by atoms with Gasteiger partial charge in [0.1, 0.15) is 0 Å². The van der Waals surface area contributed by atoms with Gasteiger partial charge < -0.3 is 4.90 Å². The van der Waals surface area contributed by atoms with Gasteiger partial charge in [-0.25, -0.2) is 4.98 Å². The van der Waals surface area contributed by atoms with E-state index < -0.39 is 0 Å². The molecule has 4 rings (SSSR count). The molecule has 0 aliphatic carbocycles. The molecule has 0 radical (unpaired) electrons. The van der Waals surface area contributed by atoms with Crippen LogP contribution in [0.25, 0.3) is 22.2 Å². The first kappa shape index (κ1) is 17.2. The topological polar surface area (TPSA) is 33.2 Å². The zero-order valence-electron chi connectivity index (χ0n) is 15.1. The number of rotatable bonds is 2. The fraction of sp³-hybridized carbons (Fsp3) is 0.273. The molecule has 3 nitrogen and oxygen atoms in total. The van der Waals surface area contributed by atoms with Gasteiger partial charge in [-0.3, -0.25) is 4.79 Å². The van der Waals surface area contributed by atoms with Crippen LogP contribution in [0.15, 0.2) is 46.9 Å². The van der Waals surface area contributed by atoms with Crippen LogP contribution in [-0.2, 0) is 0 Å². The Morgan fingerprint density at radius 1 is 1.04 bits per heavy atom. The lowest BCUT2D eigenvalue weighted by molar-refractivity contribution is 0.0794. The molecule has 0 N–H and O–H groups in total. The molecule has 3 aromatic rings. The highest BCUT2D eigenvalue weighted by Crippen LogP contribution is 2.30. The first-order chi connectivity index (χ1) is 12.5. The van der Waals surface area contributed by atoms with Gasteiger partial charge in [0.2, 0.25) is 0 Å². The van der Waals surface area contributed by atoms with Crippen molar-refractivity contribution in [3.05, 3.63) is 63.6 Å². The van der Waals surface area contributed by atoms with Gasteiger partial charge >= 0.3 is 0 Å². The minimum atomic E-state index is 0.111. The van der Waals surface area contributed by atoms with Gasteiger partial charge in [-0.2, -0.15) is 0 Å². The van der Waals surface area contributed by atoms with E-state index in [2.05, 4.69) is 48.0 Å². The fourth-order valence-electron chi connectivity index (χ4n) is 3.62. The third-order valence-corrected chi connectivity index (χ3v) is 5.56. The monoisotopic (exact) mass is 408 g/mol. The lowest BCUT2D eigenvalue weighted by Crippen LogP contribution is -2.27. The quantitative estimate of drug-likeness (QED) is 0.559. The number of fused-ring (bicyclic) bond motifs is 1. The minimum Gasteiger partial charge on any atom is -0.339 e. The van der Waals surface area contributed by atoms with E-state index in [1.54, 1.807) is 0 Å².